The summed E-state index contributed by atoms with van der Waals surface area (Å²) in [5.41, 5.74) is 1.98. The average Bonchev–Trinajstić information content (AvgIpc) is 2.27. The lowest BCUT2D eigenvalue weighted by molar-refractivity contribution is -0.134. The summed E-state index contributed by atoms with van der Waals surface area (Å²) in [5.74, 6) is 0.300. The van der Waals surface area contributed by atoms with Gasteiger partial charge in [0, 0.05) is 11.5 Å². The Morgan fingerprint density at radius 2 is 2.11 bits per heavy atom. The van der Waals surface area contributed by atoms with E-state index in [0.717, 1.165) is 12.8 Å². The van der Waals surface area contributed by atoms with Crippen molar-refractivity contribution in [3.05, 3.63) is 48.3 Å². The van der Waals surface area contributed by atoms with Crippen LogP contribution in [0.4, 0.5) is 0 Å². The summed E-state index contributed by atoms with van der Waals surface area (Å²) < 4.78 is 5.07. The third-order valence-electron chi connectivity index (χ3n) is 3.63. The predicted molar refractivity (Wildman–Crippen MR) is 79.4 cm³/mol. The van der Waals surface area contributed by atoms with Crippen LogP contribution in [0.1, 0.15) is 40.5 Å². The van der Waals surface area contributed by atoms with Gasteiger partial charge in [0.1, 0.15) is 5.76 Å². The quantitative estimate of drug-likeness (QED) is 0.243. The summed E-state index contributed by atoms with van der Waals surface area (Å²) in [7, 11) is 0. The Morgan fingerprint density at radius 1 is 1.47 bits per heavy atom. The second kappa shape index (κ2) is 6.05. The van der Waals surface area contributed by atoms with E-state index in [1.165, 1.54) is 5.57 Å². The van der Waals surface area contributed by atoms with E-state index in [1.54, 1.807) is 13.0 Å². The fourth-order valence-corrected chi connectivity index (χ4v) is 2.43. The second-order valence-electron chi connectivity index (χ2n) is 5.95. The highest BCUT2D eigenvalue weighted by Gasteiger charge is 2.30. The molecule has 1 aliphatic rings. The van der Waals surface area contributed by atoms with E-state index in [4.69, 9.17) is 4.74 Å². The van der Waals surface area contributed by atoms with Crippen molar-refractivity contribution in [1.82, 2.24) is 0 Å². The van der Waals surface area contributed by atoms with Gasteiger partial charge in [-0.3, -0.25) is 0 Å². The Bertz CT molecular complexity index is 450. The molecule has 0 fully saturated rings. The molecule has 1 atom stereocenters. The topological polar surface area (TPSA) is 26.3 Å². The molecule has 0 saturated heterocycles. The minimum absolute atomic E-state index is 0.230. The fourth-order valence-electron chi connectivity index (χ4n) is 2.43. The van der Waals surface area contributed by atoms with E-state index in [1.807, 2.05) is 0 Å². The maximum Gasteiger partial charge on any atom is 0.338 e. The first-order valence-corrected chi connectivity index (χ1v) is 6.65. The Balaban J connectivity index is 2.72. The summed E-state index contributed by atoms with van der Waals surface area (Å²) in [6.07, 6.45) is 8.45. The molecular formula is C17H24O2. The van der Waals surface area contributed by atoms with E-state index in [9.17, 15) is 4.79 Å². The van der Waals surface area contributed by atoms with Gasteiger partial charge in [-0.1, -0.05) is 44.7 Å². The first-order chi connectivity index (χ1) is 8.74. The van der Waals surface area contributed by atoms with Crippen molar-refractivity contribution < 1.29 is 9.53 Å². The standard InChI is InChI=1S/C17H24O2/c1-12(2)16(18)19-14(4)9-10-15-13(3)8-7-11-17(15,5)6/h8-10,15H,1,4,7,11H2,2-3,5-6H3. The van der Waals surface area contributed by atoms with Gasteiger partial charge < -0.3 is 4.74 Å². The van der Waals surface area contributed by atoms with Gasteiger partial charge in [0.05, 0.1) is 0 Å². The number of carbonyl (C=O) groups excluding carboxylic acids is 1. The molecule has 0 aromatic rings. The monoisotopic (exact) mass is 260 g/mol. The molecule has 0 N–H and O–H groups in total. The lowest BCUT2D eigenvalue weighted by atomic mass is 9.68. The minimum atomic E-state index is -0.426. The maximum absolute atomic E-state index is 11.4. The molecule has 1 aliphatic carbocycles. The molecule has 1 rings (SSSR count). The molecule has 0 saturated carbocycles. The summed E-state index contributed by atoms with van der Waals surface area (Å²) in [5, 5.41) is 0. The highest BCUT2D eigenvalue weighted by atomic mass is 16.5. The van der Waals surface area contributed by atoms with Crippen LogP contribution in [0.3, 0.4) is 0 Å². The van der Waals surface area contributed by atoms with Gasteiger partial charge in [0.2, 0.25) is 0 Å². The van der Waals surface area contributed by atoms with Crippen molar-refractivity contribution in [3.8, 4) is 0 Å². The molecule has 1 unspecified atom stereocenters. The van der Waals surface area contributed by atoms with Crippen molar-refractivity contribution >= 4 is 5.97 Å². The van der Waals surface area contributed by atoms with Crippen LogP contribution >= 0.6 is 0 Å². The molecule has 0 aliphatic heterocycles. The zero-order valence-electron chi connectivity index (χ0n) is 12.5. The Hall–Kier alpha value is -1.57. The minimum Gasteiger partial charge on any atom is -0.424 e. The van der Waals surface area contributed by atoms with Gasteiger partial charge >= 0.3 is 5.97 Å². The van der Waals surface area contributed by atoms with E-state index >= 15 is 0 Å². The van der Waals surface area contributed by atoms with Crippen molar-refractivity contribution in [2.45, 2.75) is 40.5 Å². The number of carbonyl (C=O) groups is 1. The molecule has 0 aromatic heterocycles. The van der Waals surface area contributed by atoms with Crippen LogP contribution in [-0.2, 0) is 9.53 Å². The zero-order chi connectivity index (χ0) is 14.6. The summed E-state index contributed by atoms with van der Waals surface area (Å²) in [6, 6.07) is 0. The average molecular weight is 260 g/mol. The molecule has 0 heterocycles. The van der Waals surface area contributed by atoms with Crippen molar-refractivity contribution in [1.29, 1.82) is 0 Å². The summed E-state index contributed by atoms with van der Waals surface area (Å²) >= 11 is 0. The first-order valence-electron chi connectivity index (χ1n) is 6.65. The fraction of sp³-hybridized carbons (Fsp3) is 0.471. The largest absolute Gasteiger partial charge is 0.424 e. The van der Waals surface area contributed by atoms with Crippen LogP contribution in [0.15, 0.2) is 48.3 Å². The number of hydrogen-bond acceptors (Lipinski definition) is 2. The lowest BCUT2D eigenvalue weighted by Crippen LogP contribution is -2.26. The van der Waals surface area contributed by atoms with E-state index in [0.29, 0.717) is 17.3 Å². The van der Waals surface area contributed by atoms with Crippen LogP contribution in [0, 0.1) is 11.3 Å². The third kappa shape index (κ3) is 4.23. The van der Waals surface area contributed by atoms with Crippen LogP contribution in [0.5, 0.6) is 0 Å². The molecule has 0 spiro atoms. The molecule has 0 radical (unpaired) electrons. The Labute approximate surface area is 116 Å². The molecule has 104 valence electrons. The van der Waals surface area contributed by atoms with E-state index in [2.05, 4.69) is 46.1 Å². The highest BCUT2D eigenvalue weighted by Crippen LogP contribution is 2.41. The van der Waals surface area contributed by atoms with Crippen LogP contribution < -0.4 is 0 Å². The smallest absolute Gasteiger partial charge is 0.338 e. The van der Waals surface area contributed by atoms with Gasteiger partial charge in [0.25, 0.3) is 0 Å². The number of allylic oxidation sites excluding steroid dienone is 4. The van der Waals surface area contributed by atoms with Gasteiger partial charge in [-0.05, 0) is 38.2 Å². The Kier molecular flexibility index (Phi) is 4.93. The van der Waals surface area contributed by atoms with Crippen molar-refractivity contribution in [3.63, 3.8) is 0 Å². The highest BCUT2D eigenvalue weighted by molar-refractivity contribution is 5.87. The number of ether oxygens (including phenoxy) is 1. The van der Waals surface area contributed by atoms with Crippen LogP contribution in [0.2, 0.25) is 0 Å². The van der Waals surface area contributed by atoms with Gasteiger partial charge in [-0.15, -0.1) is 0 Å². The van der Waals surface area contributed by atoms with E-state index in [-0.39, 0.29) is 5.41 Å². The van der Waals surface area contributed by atoms with Gasteiger partial charge in [0.15, 0.2) is 0 Å². The molecule has 0 amide bonds. The third-order valence-corrected chi connectivity index (χ3v) is 3.63. The normalized spacial score (nSPS) is 21.9. The zero-order valence-corrected chi connectivity index (χ0v) is 12.5. The van der Waals surface area contributed by atoms with Gasteiger partial charge in [-0.25, -0.2) is 4.79 Å². The number of esters is 1. The number of hydrogen-bond donors (Lipinski definition) is 0. The van der Waals surface area contributed by atoms with E-state index < -0.39 is 5.97 Å². The first kappa shape index (κ1) is 15.5. The second-order valence-corrected chi connectivity index (χ2v) is 5.95. The van der Waals surface area contributed by atoms with Crippen molar-refractivity contribution in [2.24, 2.45) is 11.3 Å². The number of rotatable bonds is 4. The molecule has 2 nitrogen and oxygen atoms in total. The lowest BCUT2D eigenvalue weighted by Gasteiger charge is -2.36. The molecule has 2 heteroatoms. The summed E-state index contributed by atoms with van der Waals surface area (Å²) in [4.78, 5) is 11.4. The SMILES string of the molecule is C=C(C=CC1C(C)=CCCC1(C)C)OC(=O)C(=C)C. The summed E-state index contributed by atoms with van der Waals surface area (Å²) in [6.45, 7) is 15.6. The molecule has 0 aromatic carbocycles. The van der Waals surface area contributed by atoms with Crippen LogP contribution in [0.25, 0.3) is 0 Å². The van der Waals surface area contributed by atoms with Crippen molar-refractivity contribution in [2.75, 3.05) is 0 Å². The Morgan fingerprint density at radius 3 is 2.63 bits per heavy atom. The van der Waals surface area contributed by atoms with Crippen LogP contribution in [-0.4, -0.2) is 5.97 Å². The maximum atomic E-state index is 11.4. The van der Waals surface area contributed by atoms with Gasteiger partial charge in [-0.2, -0.15) is 0 Å². The molecule has 19 heavy (non-hydrogen) atoms. The predicted octanol–water partition coefficient (Wildman–Crippen LogP) is 4.56. The molecular weight excluding hydrogens is 236 g/mol. The molecule has 0 bridgehead atoms.